The zero-order chi connectivity index (χ0) is 8.10. The van der Waals surface area contributed by atoms with Crippen molar-refractivity contribution in [3.05, 3.63) is 30.3 Å². The Labute approximate surface area is 115 Å². The summed E-state index contributed by atoms with van der Waals surface area (Å²) in [6.45, 7) is 0. The fourth-order valence-electron chi connectivity index (χ4n) is 0.747. The topological polar surface area (TPSA) is 37.4 Å². The van der Waals surface area contributed by atoms with Crippen molar-refractivity contribution in [1.29, 1.82) is 0 Å². The fourth-order valence-corrected chi connectivity index (χ4v) is 0.747. The van der Waals surface area contributed by atoms with Crippen LogP contribution in [0.4, 0.5) is 5.69 Å². The number of anilines is 1. The average molecular weight is 189 g/mol. The molecule has 0 unspecified atom stereocenters. The van der Waals surface area contributed by atoms with E-state index in [2.05, 4.69) is 0 Å². The SMILES string of the molecule is O=CN(C=O)c1ccccc1.[H-].[K+]. The van der Waals surface area contributed by atoms with E-state index in [4.69, 9.17) is 0 Å². The normalized spacial score (nSPS) is 8.00. The van der Waals surface area contributed by atoms with Gasteiger partial charge in [0.05, 0.1) is 5.69 Å². The van der Waals surface area contributed by atoms with Gasteiger partial charge in [0.15, 0.2) is 0 Å². The van der Waals surface area contributed by atoms with Gasteiger partial charge in [0.1, 0.15) is 0 Å². The van der Waals surface area contributed by atoms with Gasteiger partial charge in [-0.1, -0.05) is 18.2 Å². The van der Waals surface area contributed by atoms with Crippen LogP contribution in [0.25, 0.3) is 0 Å². The molecule has 12 heavy (non-hydrogen) atoms. The van der Waals surface area contributed by atoms with Crippen LogP contribution in [0.15, 0.2) is 30.3 Å². The minimum Gasteiger partial charge on any atom is -1.00 e. The van der Waals surface area contributed by atoms with Gasteiger partial charge in [0.25, 0.3) is 0 Å². The number of carbonyl (C=O) groups excluding carboxylic acids is 2. The molecule has 0 heterocycles. The second kappa shape index (κ2) is 6.51. The summed E-state index contributed by atoms with van der Waals surface area (Å²) in [5.74, 6) is 0. The number of hydrogen-bond donors (Lipinski definition) is 0. The van der Waals surface area contributed by atoms with E-state index in [1.54, 1.807) is 24.3 Å². The molecule has 0 saturated carbocycles. The van der Waals surface area contributed by atoms with E-state index in [9.17, 15) is 9.59 Å². The molecule has 3 nitrogen and oxygen atoms in total. The summed E-state index contributed by atoms with van der Waals surface area (Å²) < 4.78 is 0. The van der Waals surface area contributed by atoms with Crippen LogP contribution >= 0.6 is 0 Å². The number of carbonyl (C=O) groups is 2. The van der Waals surface area contributed by atoms with Crippen molar-refractivity contribution in [2.24, 2.45) is 0 Å². The quantitative estimate of drug-likeness (QED) is 0.404. The van der Waals surface area contributed by atoms with E-state index in [1.807, 2.05) is 6.07 Å². The van der Waals surface area contributed by atoms with E-state index < -0.39 is 0 Å². The Balaban J connectivity index is 0. The van der Waals surface area contributed by atoms with Gasteiger partial charge in [-0.2, -0.15) is 0 Å². The first kappa shape index (κ1) is 12.0. The van der Waals surface area contributed by atoms with Gasteiger partial charge >= 0.3 is 51.4 Å². The Morgan fingerprint density at radius 2 is 1.58 bits per heavy atom. The molecule has 0 N–H and O–H groups in total. The molecule has 2 amide bonds. The summed E-state index contributed by atoms with van der Waals surface area (Å²) >= 11 is 0. The first-order valence-corrected chi connectivity index (χ1v) is 3.12. The number of imide groups is 1. The Hall–Kier alpha value is -0.00364. The number of benzene rings is 1. The van der Waals surface area contributed by atoms with Crippen LogP contribution in [0.5, 0.6) is 0 Å². The smallest absolute Gasteiger partial charge is 1.00 e. The fraction of sp³-hybridized carbons (Fsp3) is 0. The summed E-state index contributed by atoms with van der Waals surface area (Å²) in [5, 5.41) is 0. The monoisotopic (exact) mass is 189 g/mol. The number of nitrogens with zero attached hydrogens (tertiary/aromatic N) is 1. The van der Waals surface area contributed by atoms with E-state index in [1.165, 1.54) is 0 Å². The second-order valence-corrected chi connectivity index (χ2v) is 1.95. The molecule has 0 aromatic heterocycles. The number of amides is 2. The van der Waals surface area contributed by atoms with Crippen molar-refractivity contribution in [3.63, 3.8) is 0 Å². The third kappa shape index (κ3) is 3.16. The van der Waals surface area contributed by atoms with Crippen molar-refractivity contribution >= 4 is 18.5 Å². The van der Waals surface area contributed by atoms with Crippen LogP contribution in [0.2, 0.25) is 0 Å². The maximum atomic E-state index is 10.2. The summed E-state index contributed by atoms with van der Waals surface area (Å²) in [6, 6.07) is 8.70. The molecule has 1 aromatic carbocycles. The predicted octanol–water partition coefficient (Wildman–Crippen LogP) is -2.08. The van der Waals surface area contributed by atoms with Crippen molar-refractivity contribution in [1.82, 2.24) is 0 Å². The Bertz CT molecular complexity index is 248. The van der Waals surface area contributed by atoms with E-state index in [0.29, 0.717) is 18.5 Å². The van der Waals surface area contributed by atoms with Crippen LogP contribution in [0.1, 0.15) is 1.43 Å². The second-order valence-electron chi connectivity index (χ2n) is 1.95. The molecule has 4 heteroatoms. The van der Waals surface area contributed by atoms with Gasteiger partial charge in [-0.05, 0) is 12.1 Å². The van der Waals surface area contributed by atoms with Crippen LogP contribution < -0.4 is 56.3 Å². The number of para-hydroxylation sites is 1. The third-order valence-electron chi connectivity index (χ3n) is 1.28. The van der Waals surface area contributed by atoms with Crippen LogP contribution in [-0.2, 0) is 9.59 Å². The molecule has 0 radical (unpaired) electrons. The molecule has 0 spiro atoms. The molecule has 0 saturated heterocycles. The molecule has 1 aromatic rings. The van der Waals surface area contributed by atoms with Gasteiger partial charge < -0.3 is 1.43 Å². The molecular formula is C8H8KNO2. The van der Waals surface area contributed by atoms with Gasteiger partial charge in [-0.3, -0.25) is 14.5 Å². The van der Waals surface area contributed by atoms with Crippen molar-refractivity contribution in [3.8, 4) is 0 Å². The summed E-state index contributed by atoms with van der Waals surface area (Å²) in [6.07, 6.45) is 0.949. The minimum absolute atomic E-state index is 0. The number of rotatable bonds is 3. The minimum atomic E-state index is 0. The summed E-state index contributed by atoms with van der Waals surface area (Å²) in [4.78, 5) is 21.4. The van der Waals surface area contributed by atoms with Gasteiger partial charge in [-0.15, -0.1) is 0 Å². The van der Waals surface area contributed by atoms with Gasteiger partial charge in [0.2, 0.25) is 12.8 Å². The average Bonchev–Trinajstić information content (AvgIpc) is 2.09. The largest absolute Gasteiger partial charge is 1.00 e. The standard InChI is InChI=1S/C8H7NO2.K.H/c10-6-9(7-11)8-4-2-1-3-5-8;;/h1-7H;;/q;+1;-1. The zero-order valence-corrected chi connectivity index (χ0v) is 9.93. The molecule has 1 rings (SSSR count). The molecular weight excluding hydrogens is 181 g/mol. The van der Waals surface area contributed by atoms with Crippen molar-refractivity contribution < 1.29 is 62.4 Å². The molecule has 0 fully saturated rings. The van der Waals surface area contributed by atoms with Gasteiger partial charge in [-0.25, -0.2) is 0 Å². The zero-order valence-electron chi connectivity index (χ0n) is 7.81. The van der Waals surface area contributed by atoms with Crippen molar-refractivity contribution in [2.75, 3.05) is 4.90 Å². The van der Waals surface area contributed by atoms with Crippen molar-refractivity contribution in [2.45, 2.75) is 0 Å². The Morgan fingerprint density at radius 3 is 2.00 bits per heavy atom. The van der Waals surface area contributed by atoms with Crippen LogP contribution in [0.3, 0.4) is 0 Å². The number of hydrogen-bond acceptors (Lipinski definition) is 2. The molecule has 0 aliphatic rings. The molecule has 0 bridgehead atoms. The summed E-state index contributed by atoms with van der Waals surface area (Å²) in [5.41, 5.74) is 0.581. The Kier molecular flexibility index (Phi) is 6.50. The van der Waals surface area contributed by atoms with Crippen LogP contribution in [-0.4, -0.2) is 12.8 Å². The molecule has 0 atom stereocenters. The molecule has 0 aliphatic carbocycles. The Morgan fingerprint density at radius 1 is 1.08 bits per heavy atom. The predicted molar refractivity (Wildman–Crippen MR) is 42.2 cm³/mol. The third-order valence-corrected chi connectivity index (χ3v) is 1.28. The maximum Gasteiger partial charge on any atom is 1.00 e. The van der Waals surface area contributed by atoms with E-state index in [0.717, 1.165) is 4.90 Å². The van der Waals surface area contributed by atoms with E-state index in [-0.39, 0.29) is 52.8 Å². The summed E-state index contributed by atoms with van der Waals surface area (Å²) in [7, 11) is 0. The van der Waals surface area contributed by atoms with Crippen LogP contribution in [0, 0.1) is 0 Å². The molecule has 0 aliphatic heterocycles. The maximum absolute atomic E-state index is 10.2. The van der Waals surface area contributed by atoms with Gasteiger partial charge in [0, 0.05) is 0 Å². The van der Waals surface area contributed by atoms with E-state index >= 15 is 0 Å². The molecule has 58 valence electrons. The first-order valence-electron chi connectivity index (χ1n) is 3.12. The first-order chi connectivity index (χ1) is 5.38.